The fourth-order valence-electron chi connectivity index (χ4n) is 3.63. The molecule has 0 aromatic heterocycles. The summed E-state index contributed by atoms with van der Waals surface area (Å²) in [7, 11) is 3.16. The summed E-state index contributed by atoms with van der Waals surface area (Å²) in [5.74, 6) is 0.967. The number of hydrogen-bond acceptors (Lipinski definition) is 4. The van der Waals surface area contributed by atoms with Crippen molar-refractivity contribution in [2.24, 2.45) is 0 Å². The largest absolute Gasteiger partial charge is 0.493 e. The average molecular weight is 509 g/mol. The van der Waals surface area contributed by atoms with Gasteiger partial charge in [-0.1, -0.05) is 49.2 Å². The molecule has 2 rings (SSSR count). The van der Waals surface area contributed by atoms with E-state index in [4.69, 9.17) is 32.7 Å². The maximum absolute atomic E-state index is 13.4. The molecule has 0 radical (unpaired) electrons. The molecule has 6 nitrogen and oxygen atoms in total. The van der Waals surface area contributed by atoms with Crippen LogP contribution < -0.4 is 14.8 Å². The van der Waals surface area contributed by atoms with E-state index in [0.717, 1.165) is 17.5 Å². The molecule has 0 heterocycles. The highest BCUT2D eigenvalue weighted by atomic mass is 35.5. The number of amides is 2. The first-order chi connectivity index (χ1) is 16.2. The number of aryl methyl sites for hydroxylation is 1. The van der Waals surface area contributed by atoms with Crippen molar-refractivity contribution in [3.8, 4) is 11.5 Å². The van der Waals surface area contributed by atoms with Gasteiger partial charge in [0, 0.05) is 19.0 Å². The predicted octanol–water partition coefficient (Wildman–Crippen LogP) is 5.67. The zero-order valence-corrected chi connectivity index (χ0v) is 22.0. The summed E-state index contributed by atoms with van der Waals surface area (Å²) < 4.78 is 10.7. The van der Waals surface area contributed by atoms with Crippen molar-refractivity contribution in [2.45, 2.75) is 65.1 Å². The van der Waals surface area contributed by atoms with Gasteiger partial charge in [-0.15, -0.1) is 0 Å². The summed E-state index contributed by atoms with van der Waals surface area (Å²) >= 11 is 12.3. The summed E-state index contributed by atoms with van der Waals surface area (Å²) in [4.78, 5) is 28.1. The number of benzene rings is 2. The lowest BCUT2D eigenvalue weighted by molar-refractivity contribution is -0.141. The lowest BCUT2D eigenvalue weighted by Gasteiger charge is -2.31. The predicted molar refractivity (Wildman–Crippen MR) is 137 cm³/mol. The zero-order valence-electron chi connectivity index (χ0n) is 20.5. The Morgan fingerprint density at radius 3 is 2.21 bits per heavy atom. The highest BCUT2D eigenvalue weighted by molar-refractivity contribution is 6.42. The molecule has 186 valence electrons. The van der Waals surface area contributed by atoms with Gasteiger partial charge < -0.3 is 19.7 Å². The molecule has 0 unspecified atom stereocenters. The number of nitrogens with zero attached hydrogens (tertiary/aromatic N) is 1. The Bertz CT molecular complexity index is 983. The Kier molecular flexibility index (Phi) is 11.0. The Hall–Kier alpha value is -2.44. The van der Waals surface area contributed by atoms with Gasteiger partial charge >= 0.3 is 0 Å². The average Bonchev–Trinajstić information content (AvgIpc) is 2.84. The molecule has 2 atom stereocenters. The molecule has 0 aliphatic heterocycles. The summed E-state index contributed by atoms with van der Waals surface area (Å²) in [5.41, 5.74) is 1.75. The van der Waals surface area contributed by atoms with E-state index in [9.17, 15) is 9.59 Å². The number of ether oxygens (including phenoxy) is 2. The van der Waals surface area contributed by atoms with Gasteiger partial charge in [-0.2, -0.15) is 0 Å². The standard InChI is InChI=1S/C26H34Cl2N2O4/c1-6-17(3)29-26(32)22(7-2)30(16-19-8-11-20(27)21(28)14-19)25(31)13-10-18-9-12-23(33-4)24(15-18)34-5/h8-9,11-12,14-15,17,22H,6-7,10,13,16H2,1-5H3,(H,29,32)/t17-,22+/m1/s1. The number of rotatable bonds is 12. The van der Waals surface area contributed by atoms with Gasteiger partial charge in [0.25, 0.3) is 0 Å². The Morgan fingerprint density at radius 1 is 0.941 bits per heavy atom. The maximum Gasteiger partial charge on any atom is 0.243 e. The van der Waals surface area contributed by atoms with Crippen LogP contribution in [0, 0.1) is 0 Å². The van der Waals surface area contributed by atoms with Gasteiger partial charge in [0.05, 0.1) is 24.3 Å². The minimum absolute atomic E-state index is 0.0234. The van der Waals surface area contributed by atoms with Gasteiger partial charge in [0.1, 0.15) is 6.04 Å². The van der Waals surface area contributed by atoms with E-state index in [2.05, 4.69) is 5.32 Å². The second-order valence-corrected chi connectivity index (χ2v) is 9.02. The fourth-order valence-corrected chi connectivity index (χ4v) is 3.95. The third kappa shape index (κ3) is 7.54. The van der Waals surface area contributed by atoms with E-state index in [0.29, 0.717) is 34.4 Å². The maximum atomic E-state index is 13.4. The molecule has 1 N–H and O–H groups in total. The molecular weight excluding hydrogens is 475 g/mol. The third-order valence-corrected chi connectivity index (χ3v) is 6.54. The normalized spacial score (nSPS) is 12.6. The summed E-state index contributed by atoms with van der Waals surface area (Å²) in [6.07, 6.45) is 2.04. The number of hydrogen-bond donors (Lipinski definition) is 1. The molecule has 2 amide bonds. The van der Waals surface area contributed by atoms with Crippen molar-refractivity contribution in [1.82, 2.24) is 10.2 Å². The van der Waals surface area contributed by atoms with Gasteiger partial charge in [-0.3, -0.25) is 9.59 Å². The van der Waals surface area contributed by atoms with Crippen LogP contribution in [0.25, 0.3) is 0 Å². The first-order valence-electron chi connectivity index (χ1n) is 11.5. The lowest BCUT2D eigenvalue weighted by Crippen LogP contribution is -2.50. The number of nitrogens with one attached hydrogen (secondary N) is 1. The Labute approximate surface area is 212 Å². The molecule has 0 saturated carbocycles. The van der Waals surface area contributed by atoms with Crippen LogP contribution in [0.1, 0.15) is 51.2 Å². The Balaban J connectivity index is 2.26. The molecule has 0 spiro atoms. The highest BCUT2D eigenvalue weighted by Gasteiger charge is 2.29. The second kappa shape index (κ2) is 13.4. The van der Waals surface area contributed by atoms with Gasteiger partial charge in [0.2, 0.25) is 11.8 Å². The molecule has 0 fully saturated rings. The number of carbonyl (C=O) groups excluding carboxylic acids is 2. The summed E-state index contributed by atoms with van der Waals surface area (Å²) in [6, 6.07) is 10.3. The first kappa shape index (κ1) is 27.8. The van der Waals surface area contributed by atoms with Crippen LogP contribution in [0.4, 0.5) is 0 Å². The quantitative estimate of drug-likeness (QED) is 0.401. The SMILES string of the molecule is CC[C@@H](C)NC(=O)[C@H](CC)N(Cc1ccc(Cl)c(Cl)c1)C(=O)CCc1ccc(OC)c(OC)c1. The van der Waals surface area contributed by atoms with Crippen molar-refractivity contribution >= 4 is 35.0 Å². The highest BCUT2D eigenvalue weighted by Crippen LogP contribution is 2.28. The van der Waals surface area contributed by atoms with Crippen LogP contribution in [0.2, 0.25) is 10.0 Å². The van der Waals surface area contributed by atoms with E-state index in [1.165, 1.54) is 0 Å². The molecule has 2 aromatic carbocycles. The van der Waals surface area contributed by atoms with Gasteiger partial charge in [0.15, 0.2) is 11.5 Å². The molecule has 8 heteroatoms. The molecule has 0 saturated heterocycles. The van der Waals surface area contributed by atoms with Gasteiger partial charge in [-0.25, -0.2) is 0 Å². The summed E-state index contributed by atoms with van der Waals surface area (Å²) in [5, 5.41) is 3.87. The van der Waals surface area contributed by atoms with E-state index in [1.54, 1.807) is 31.3 Å². The van der Waals surface area contributed by atoms with Crippen LogP contribution in [0.5, 0.6) is 11.5 Å². The van der Waals surface area contributed by atoms with E-state index in [1.807, 2.05) is 45.0 Å². The number of methoxy groups -OCH3 is 2. The van der Waals surface area contributed by atoms with Crippen LogP contribution in [0.3, 0.4) is 0 Å². The second-order valence-electron chi connectivity index (χ2n) is 8.20. The van der Waals surface area contributed by atoms with Crippen LogP contribution in [0.15, 0.2) is 36.4 Å². The van der Waals surface area contributed by atoms with E-state index in [-0.39, 0.29) is 30.8 Å². The molecule has 0 aliphatic carbocycles. The number of halogens is 2. The monoisotopic (exact) mass is 508 g/mol. The molecule has 34 heavy (non-hydrogen) atoms. The van der Waals surface area contributed by atoms with Crippen molar-refractivity contribution in [2.75, 3.05) is 14.2 Å². The van der Waals surface area contributed by atoms with E-state index < -0.39 is 6.04 Å². The van der Waals surface area contributed by atoms with Crippen molar-refractivity contribution in [3.05, 3.63) is 57.6 Å². The van der Waals surface area contributed by atoms with Crippen LogP contribution in [-0.4, -0.2) is 43.0 Å². The fraction of sp³-hybridized carbons (Fsp3) is 0.462. The molecule has 2 aromatic rings. The minimum atomic E-state index is -0.596. The first-order valence-corrected chi connectivity index (χ1v) is 12.2. The van der Waals surface area contributed by atoms with Crippen molar-refractivity contribution < 1.29 is 19.1 Å². The number of carbonyl (C=O) groups is 2. The van der Waals surface area contributed by atoms with Crippen LogP contribution in [-0.2, 0) is 22.6 Å². The van der Waals surface area contributed by atoms with Crippen molar-refractivity contribution in [3.63, 3.8) is 0 Å². The lowest BCUT2D eigenvalue weighted by atomic mass is 10.1. The molecule has 0 aliphatic rings. The third-order valence-electron chi connectivity index (χ3n) is 5.80. The van der Waals surface area contributed by atoms with E-state index >= 15 is 0 Å². The van der Waals surface area contributed by atoms with Crippen molar-refractivity contribution in [1.29, 1.82) is 0 Å². The van der Waals surface area contributed by atoms with Gasteiger partial charge in [-0.05, 0) is 61.6 Å². The summed E-state index contributed by atoms with van der Waals surface area (Å²) in [6.45, 7) is 6.12. The zero-order chi connectivity index (χ0) is 25.3. The topological polar surface area (TPSA) is 67.9 Å². The minimum Gasteiger partial charge on any atom is -0.493 e. The smallest absolute Gasteiger partial charge is 0.243 e. The molecular formula is C26H34Cl2N2O4. The van der Waals surface area contributed by atoms with Crippen LogP contribution >= 0.6 is 23.2 Å². The molecule has 0 bridgehead atoms. The Morgan fingerprint density at radius 2 is 1.62 bits per heavy atom.